The number of barbiturate groups is 1. The second kappa shape index (κ2) is 9.11. The molecule has 2 heterocycles. The summed E-state index contributed by atoms with van der Waals surface area (Å²) in [6, 6.07) is 6.42. The Hall–Kier alpha value is -2.85. The van der Waals surface area contributed by atoms with Crippen LogP contribution in [-0.4, -0.2) is 40.8 Å². The quantitative estimate of drug-likeness (QED) is 0.622. The van der Waals surface area contributed by atoms with Crippen molar-refractivity contribution in [3.63, 3.8) is 0 Å². The van der Waals surface area contributed by atoms with Crippen LogP contribution in [0.2, 0.25) is 10.0 Å². The molecule has 164 valence electrons. The van der Waals surface area contributed by atoms with Gasteiger partial charge in [-0.15, -0.1) is 0 Å². The summed E-state index contributed by atoms with van der Waals surface area (Å²) in [6.45, 7) is -0.201. The fraction of sp³-hybridized carbons (Fsp3) is 0.263. The number of carbonyl (C=O) groups excluding carboxylic acids is 3. The van der Waals surface area contributed by atoms with Crippen molar-refractivity contribution in [2.24, 2.45) is 5.92 Å². The summed E-state index contributed by atoms with van der Waals surface area (Å²) in [5, 5.41) is 5.05. The maximum absolute atomic E-state index is 12.7. The van der Waals surface area contributed by atoms with E-state index < -0.39 is 35.5 Å². The number of aromatic nitrogens is 1. The minimum atomic E-state index is -4.58. The number of anilines is 1. The molecule has 1 fully saturated rings. The van der Waals surface area contributed by atoms with Crippen molar-refractivity contribution in [3.05, 3.63) is 57.7 Å². The number of nitrogens with one attached hydrogen (secondary N) is 2. The van der Waals surface area contributed by atoms with Gasteiger partial charge in [0.2, 0.25) is 11.8 Å². The summed E-state index contributed by atoms with van der Waals surface area (Å²) in [5.74, 6) is -2.53. The van der Waals surface area contributed by atoms with Gasteiger partial charge in [-0.3, -0.25) is 19.8 Å². The fourth-order valence-corrected chi connectivity index (χ4v) is 3.28. The summed E-state index contributed by atoms with van der Waals surface area (Å²) in [5.41, 5.74) is -0.316. The first-order valence-electron chi connectivity index (χ1n) is 8.93. The Balaban J connectivity index is 1.64. The van der Waals surface area contributed by atoms with Gasteiger partial charge in [-0.25, -0.2) is 9.78 Å². The van der Waals surface area contributed by atoms with E-state index in [4.69, 9.17) is 23.2 Å². The third-order valence-corrected chi connectivity index (χ3v) is 5.05. The standard InChI is InChI=1S/C19H15Cl2F3N4O3/c20-12-3-1-10(2-4-12)7-13-16(29)27-18(31)28(17(13)30)6-5-25-15-14(21)8-11(9-26-15)19(22,23)24/h1-4,8-9,13H,5-7H2,(H,25,26)(H,27,29,31)/t13-/m0/s1. The molecule has 7 nitrogen and oxygen atoms in total. The molecule has 1 aliphatic rings. The van der Waals surface area contributed by atoms with Gasteiger partial charge >= 0.3 is 12.2 Å². The van der Waals surface area contributed by atoms with Gasteiger partial charge in [-0.1, -0.05) is 35.3 Å². The van der Waals surface area contributed by atoms with Crippen molar-refractivity contribution in [2.75, 3.05) is 18.4 Å². The number of pyridine rings is 1. The zero-order chi connectivity index (χ0) is 22.8. The number of hydrogen-bond acceptors (Lipinski definition) is 5. The highest BCUT2D eigenvalue weighted by Crippen LogP contribution is 2.32. The number of carbonyl (C=O) groups is 3. The minimum absolute atomic E-state index is 0.0340. The van der Waals surface area contributed by atoms with E-state index in [2.05, 4.69) is 15.6 Å². The zero-order valence-corrected chi connectivity index (χ0v) is 17.2. The third-order valence-electron chi connectivity index (χ3n) is 4.51. The molecular formula is C19H15Cl2F3N4O3. The van der Waals surface area contributed by atoms with E-state index in [1.54, 1.807) is 24.3 Å². The molecule has 31 heavy (non-hydrogen) atoms. The Kier molecular flexibility index (Phi) is 6.71. The number of imide groups is 2. The first-order valence-corrected chi connectivity index (χ1v) is 9.69. The topological polar surface area (TPSA) is 91.4 Å². The van der Waals surface area contributed by atoms with E-state index in [1.807, 2.05) is 0 Å². The van der Waals surface area contributed by atoms with Crippen LogP contribution < -0.4 is 10.6 Å². The van der Waals surface area contributed by atoms with Crippen LogP contribution in [-0.2, 0) is 22.2 Å². The van der Waals surface area contributed by atoms with E-state index in [0.29, 0.717) is 16.8 Å². The summed E-state index contributed by atoms with van der Waals surface area (Å²) in [7, 11) is 0. The molecule has 12 heteroatoms. The zero-order valence-electron chi connectivity index (χ0n) is 15.7. The average Bonchev–Trinajstić information content (AvgIpc) is 2.69. The highest BCUT2D eigenvalue weighted by Gasteiger charge is 2.40. The van der Waals surface area contributed by atoms with Crippen molar-refractivity contribution in [3.8, 4) is 0 Å². The maximum Gasteiger partial charge on any atom is 0.417 e. The van der Waals surface area contributed by atoms with Crippen LogP contribution in [0.25, 0.3) is 0 Å². The van der Waals surface area contributed by atoms with Crippen LogP contribution in [0.4, 0.5) is 23.8 Å². The van der Waals surface area contributed by atoms with Crippen LogP contribution in [0.15, 0.2) is 36.5 Å². The molecule has 0 unspecified atom stereocenters. The smallest absolute Gasteiger partial charge is 0.367 e. The molecule has 1 atom stereocenters. The lowest BCUT2D eigenvalue weighted by Gasteiger charge is -2.30. The molecule has 1 aromatic carbocycles. The Morgan fingerprint density at radius 3 is 2.42 bits per heavy atom. The van der Waals surface area contributed by atoms with E-state index in [9.17, 15) is 27.6 Å². The Morgan fingerprint density at radius 2 is 1.81 bits per heavy atom. The van der Waals surface area contributed by atoms with Gasteiger partial charge in [0, 0.05) is 24.3 Å². The lowest BCUT2D eigenvalue weighted by Crippen LogP contribution is -2.59. The van der Waals surface area contributed by atoms with Gasteiger partial charge in [0.05, 0.1) is 10.6 Å². The fourth-order valence-electron chi connectivity index (χ4n) is 2.92. The van der Waals surface area contributed by atoms with Crippen LogP contribution >= 0.6 is 23.2 Å². The molecule has 3 rings (SSSR count). The number of urea groups is 1. The second-order valence-corrected chi connectivity index (χ2v) is 7.49. The van der Waals surface area contributed by atoms with Crippen molar-refractivity contribution in [2.45, 2.75) is 12.6 Å². The number of halogens is 5. The summed E-state index contributed by atoms with van der Waals surface area (Å²) < 4.78 is 38.0. The van der Waals surface area contributed by atoms with Gasteiger partial charge in [0.25, 0.3) is 0 Å². The molecule has 1 aromatic heterocycles. The van der Waals surface area contributed by atoms with E-state index >= 15 is 0 Å². The minimum Gasteiger partial charge on any atom is -0.367 e. The molecule has 0 spiro atoms. The van der Waals surface area contributed by atoms with Crippen molar-refractivity contribution in [1.82, 2.24) is 15.2 Å². The lowest BCUT2D eigenvalue weighted by atomic mass is 9.95. The van der Waals surface area contributed by atoms with Gasteiger partial charge < -0.3 is 5.32 Å². The summed E-state index contributed by atoms with van der Waals surface area (Å²) in [6.07, 6.45) is -3.89. The molecule has 0 radical (unpaired) electrons. The molecule has 2 N–H and O–H groups in total. The van der Waals surface area contributed by atoms with Gasteiger partial charge in [-0.05, 0) is 30.2 Å². The normalized spacial score (nSPS) is 17.0. The number of alkyl halides is 3. The van der Waals surface area contributed by atoms with Crippen LogP contribution in [0.3, 0.4) is 0 Å². The number of rotatable bonds is 6. The van der Waals surface area contributed by atoms with Crippen LogP contribution in [0, 0.1) is 5.92 Å². The maximum atomic E-state index is 12.7. The van der Waals surface area contributed by atoms with Crippen LogP contribution in [0.1, 0.15) is 11.1 Å². The van der Waals surface area contributed by atoms with E-state index in [1.165, 1.54) is 0 Å². The number of hydrogen-bond donors (Lipinski definition) is 2. The molecule has 2 aromatic rings. The van der Waals surface area contributed by atoms with Gasteiger partial charge in [-0.2, -0.15) is 13.2 Å². The Labute approximate surface area is 184 Å². The molecule has 4 amide bonds. The summed E-state index contributed by atoms with van der Waals surface area (Å²) >= 11 is 11.6. The monoisotopic (exact) mass is 474 g/mol. The number of amides is 4. The van der Waals surface area contributed by atoms with Crippen LogP contribution in [0.5, 0.6) is 0 Å². The predicted molar refractivity (Wildman–Crippen MR) is 107 cm³/mol. The largest absolute Gasteiger partial charge is 0.417 e. The highest BCUT2D eigenvalue weighted by atomic mass is 35.5. The van der Waals surface area contributed by atoms with Crippen molar-refractivity contribution < 1.29 is 27.6 Å². The Morgan fingerprint density at radius 1 is 1.13 bits per heavy atom. The molecule has 0 saturated carbocycles. The Bertz CT molecular complexity index is 1020. The third kappa shape index (κ3) is 5.45. The van der Waals surface area contributed by atoms with Gasteiger partial charge in [0.15, 0.2) is 0 Å². The van der Waals surface area contributed by atoms with Crippen molar-refractivity contribution in [1.29, 1.82) is 0 Å². The molecule has 1 aliphatic heterocycles. The van der Waals surface area contributed by atoms with Crippen molar-refractivity contribution >= 4 is 46.9 Å². The molecular weight excluding hydrogens is 460 g/mol. The molecule has 0 aliphatic carbocycles. The van der Waals surface area contributed by atoms with Gasteiger partial charge in [0.1, 0.15) is 11.7 Å². The second-order valence-electron chi connectivity index (χ2n) is 6.65. The molecule has 0 bridgehead atoms. The first-order chi connectivity index (χ1) is 14.6. The van der Waals surface area contributed by atoms with E-state index in [0.717, 1.165) is 11.0 Å². The SMILES string of the molecule is O=C1NC(=O)N(CCNc2ncc(C(F)(F)F)cc2Cl)C(=O)[C@H]1Cc1ccc(Cl)cc1. The number of nitrogens with zero attached hydrogens (tertiary/aromatic N) is 2. The predicted octanol–water partition coefficient (Wildman–Crippen LogP) is 3.76. The number of benzene rings is 1. The van der Waals surface area contributed by atoms with E-state index in [-0.39, 0.29) is 30.4 Å². The first kappa shape index (κ1) is 22.8. The molecule has 1 saturated heterocycles. The highest BCUT2D eigenvalue weighted by molar-refractivity contribution is 6.33. The summed E-state index contributed by atoms with van der Waals surface area (Å²) in [4.78, 5) is 41.4. The lowest BCUT2D eigenvalue weighted by molar-refractivity contribution is -0.142. The average molecular weight is 475 g/mol.